The van der Waals surface area contributed by atoms with Crippen molar-refractivity contribution < 1.29 is 9.90 Å². The van der Waals surface area contributed by atoms with Crippen molar-refractivity contribution in [3.05, 3.63) is 0 Å². The Balaban J connectivity index is 0.00000144. The van der Waals surface area contributed by atoms with E-state index in [2.05, 4.69) is 10.6 Å². The molecule has 0 aromatic carbocycles. The van der Waals surface area contributed by atoms with Crippen molar-refractivity contribution in [2.45, 2.75) is 11.4 Å². The number of nitrogens with one attached hydrogen (secondary N) is 2. The Morgan fingerprint density at radius 2 is 2.24 bits per heavy atom. The van der Waals surface area contributed by atoms with Gasteiger partial charge in [-0.15, -0.1) is 24.2 Å². The first-order valence-electron chi connectivity index (χ1n) is 5.63. The highest BCUT2D eigenvalue weighted by Crippen LogP contribution is 2.24. The maximum Gasteiger partial charge on any atom is 0.233 e. The Morgan fingerprint density at radius 1 is 1.41 bits per heavy atom. The van der Waals surface area contributed by atoms with Gasteiger partial charge in [-0.25, -0.2) is 0 Å². The molecule has 7 heteroatoms. The van der Waals surface area contributed by atoms with Gasteiger partial charge >= 0.3 is 0 Å². The third-order valence-electron chi connectivity index (χ3n) is 2.95. The zero-order valence-electron chi connectivity index (χ0n) is 9.55. The van der Waals surface area contributed by atoms with Gasteiger partial charge in [-0.1, -0.05) is 0 Å². The number of hydrogen-bond acceptors (Lipinski definition) is 5. The quantitative estimate of drug-likeness (QED) is 0.682. The van der Waals surface area contributed by atoms with E-state index in [0.717, 1.165) is 23.8 Å². The standard InChI is InChI=1S/C10H18N2O2S2.ClH/c13-8-5-11-3-7(8)4-12-10(14)9-6-15-1-2-16-9;/h7-9,11,13H,1-6H2,(H,12,14);1H. The van der Waals surface area contributed by atoms with Crippen molar-refractivity contribution in [2.75, 3.05) is 36.9 Å². The third kappa shape index (κ3) is 4.52. The van der Waals surface area contributed by atoms with Gasteiger partial charge in [0.2, 0.25) is 5.91 Å². The van der Waals surface area contributed by atoms with Crippen LogP contribution in [0.1, 0.15) is 0 Å². The number of rotatable bonds is 3. The van der Waals surface area contributed by atoms with Crippen LogP contribution in [0.2, 0.25) is 0 Å². The number of aliphatic hydroxyl groups is 1. The van der Waals surface area contributed by atoms with Gasteiger partial charge in [0.1, 0.15) is 0 Å². The fraction of sp³-hybridized carbons (Fsp3) is 0.900. The Labute approximate surface area is 116 Å². The van der Waals surface area contributed by atoms with Crippen molar-refractivity contribution in [3.63, 3.8) is 0 Å². The molecule has 1 amide bonds. The Kier molecular flexibility index (Phi) is 7.02. The van der Waals surface area contributed by atoms with E-state index >= 15 is 0 Å². The van der Waals surface area contributed by atoms with Gasteiger partial charge in [0.25, 0.3) is 0 Å². The van der Waals surface area contributed by atoms with Crippen LogP contribution in [-0.2, 0) is 4.79 Å². The number of thioether (sulfide) groups is 2. The largest absolute Gasteiger partial charge is 0.391 e. The Morgan fingerprint density at radius 3 is 2.82 bits per heavy atom. The number of amides is 1. The third-order valence-corrected chi connectivity index (χ3v) is 5.71. The first kappa shape index (κ1) is 15.4. The molecular weight excluding hydrogens is 280 g/mol. The molecular formula is C10H19ClN2O2S2. The minimum absolute atomic E-state index is 0. The molecule has 0 aliphatic carbocycles. The van der Waals surface area contributed by atoms with Crippen LogP contribution >= 0.6 is 35.9 Å². The van der Waals surface area contributed by atoms with Crippen molar-refractivity contribution >= 4 is 41.8 Å². The molecule has 0 bridgehead atoms. The summed E-state index contributed by atoms with van der Waals surface area (Å²) in [5.74, 6) is 3.44. The fourth-order valence-electron chi connectivity index (χ4n) is 1.91. The average Bonchev–Trinajstić information content (AvgIpc) is 2.73. The summed E-state index contributed by atoms with van der Waals surface area (Å²) in [6, 6.07) is 0. The number of aliphatic hydroxyl groups excluding tert-OH is 1. The number of β-amino-alcohol motifs (C(OH)–C–C–N with tert-alkyl or cyclic N) is 1. The van der Waals surface area contributed by atoms with Crippen LogP contribution in [0.4, 0.5) is 0 Å². The van der Waals surface area contributed by atoms with Gasteiger partial charge < -0.3 is 15.7 Å². The first-order chi connectivity index (χ1) is 7.77. The minimum Gasteiger partial charge on any atom is -0.391 e. The second-order valence-corrected chi connectivity index (χ2v) is 6.63. The van der Waals surface area contributed by atoms with Crippen molar-refractivity contribution in [2.24, 2.45) is 5.92 Å². The summed E-state index contributed by atoms with van der Waals surface area (Å²) in [5, 5.41) is 15.8. The van der Waals surface area contributed by atoms with E-state index in [1.807, 2.05) is 11.8 Å². The molecule has 2 rings (SSSR count). The zero-order valence-corrected chi connectivity index (χ0v) is 12.0. The molecule has 0 radical (unpaired) electrons. The summed E-state index contributed by atoms with van der Waals surface area (Å²) < 4.78 is 0. The van der Waals surface area contributed by atoms with Gasteiger partial charge in [-0.2, -0.15) is 11.8 Å². The topological polar surface area (TPSA) is 61.4 Å². The van der Waals surface area contributed by atoms with Crippen molar-refractivity contribution in [3.8, 4) is 0 Å². The zero-order chi connectivity index (χ0) is 11.4. The molecule has 2 fully saturated rings. The Bertz CT molecular complexity index is 252. The SMILES string of the molecule is Cl.O=C(NCC1CNCC1O)C1CSCCS1. The molecule has 2 saturated heterocycles. The average molecular weight is 299 g/mol. The summed E-state index contributed by atoms with van der Waals surface area (Å²) in [6.45, 7) is 2.04. The molecule has 2 aliphatic heterocycles. The van der Waals surface area contributed by atoms with E-state index in [4.69, 9.17) is 0 Å². The van der Waals surface area contributed by atoms with Crippen LogP contribution in [0.25, 0.3) is 0 Å². The number of hydrogen-bond donors (Lipinski definition) is 3. The first-order valence-corrected chi connectivity index (χ1v) is 7.83. The van der Waals surface area contributed by atoms with Crippen LogP contribution in [-0.4, -0.2) is 59.3 Å². The molecule has 0 spiro atoms. The van der Waals surface area contributed by atoms with Crippen LogP contribution in [0.15, 0.2) is 0 Å². The van der Waals surface area contributed by atoms with Gasteiger partial charge in [0.15, 0.2) is 0 Å². The number of halogens is 1. The molecule has 0 saturated carbocycles. The molecule has 0 aromatic heterocycles. The minimum atomic E-state index is -0.311. The van der Waals surface area contributed by atoms with Crippen molar-refractivity contribution in [1.82, 2.24) is 10.6 Å². The van der Waals surface area contributed by atoms with Crippen molar-refractivity contribution in [1.29, 1.82) is 0 Å². The van der Waals surface area contributed by atoms with Gasteiger partial charge in [0.05, 0.1) is 11.4 Å². The van der Waals surface area contributed by atoms with Crippen LogP contribution in [0, 0.1) is 5.92 Å². The molecule has 3 N–H and O–H groups in total. The van der Waals surface area contributed by atoms with Crippen LogP contribution < -0.4 is 10.6 Å². The molecule has 0 aromatic rings. The number of carbonyl (C=O) groups excluding carboxylic acids is 1. The normalized spacial score (nSPS) is 32.9. The second kappa shape index (κ2) is 7.74. The lowest BCUT2D eigenvalue weighted by Gasteiger charge is -2.21. The second-order valence-electron chi connectivity index (χ2n) is 4.17. The predicted molar refractivity (Wildman–Crippen MR) is 76.2 cm³/mol. The highest BCUT2D eigenvalue weighted by atomic mass is 35.5. The monoisotopic (exact) mass is 298 g/mol. The van der Waals surface area contributed by atoms with E-state index in [1.165, 1.54) is 0 Å². The van der Waals surface area contributed by atoms with Gasteiger partial charge in [-0.05, 0) is 0 Å². The summed E-state index contributed by atoms with van der Waals surface area (Å²) in [5.41, 5.74) is 0. The fourth-order valence-corrected chi connectivity index (χ4v) is 4.49. The summed E-state index contributed by atoms with van der Waals surface area (Å²) in [7, 11) is 0. The molecule has 2 heterocycles. The summed E-state index contributed by atoms with van der Waals surface area (Å²) in [4.78, 5) is 11.8. The lowest BCUT2D eigenvalue weighted by Crippen LogP contribution is -2.40. The van der Waals surface area contributed by atoms with E-state index in [-0.39, 0.29) is 35.6 Å². The number of carbonyl (C=O) groups is 1. The maximum absolute atomic E-state index is 11.8. The van der Waals surface area contributed by atoms with Gasteiger partial charge in [-0.3, -0.25) is 4.79 Å². The molecule has 2 aliphatic rings. The van der Waals surface area contributed by atoms with E-state index in [1.54, 1.807) is 11.8 Å². The highest BCUT2D eigenvalue weighted by Gasteiger charge is 2.27. The Hall–Kier alpha value is 0.380. The molecule has 100 valence electrons. The van der Waals surface area contributed by atoms with E-state index in [0.29, 0.717) is 13.1 Å². The maximum atomic E-state index is 11.8. The van der Waals surface area contributed by atoms with Crippen LogP contribution in [0.3, 0.4) is 0 Å². The lowest BCUT2D eigenvalue weighted by molar-refractivity contribution is -0.120. The van der Waals surface area contributed by atoms with Crippen LogP contribution in [0.5, 0.6) is 0 Å². The molecule has 3 unspecified atom stereocenters. The molecule has 4 nitrogen and oxygen atoms in total. The summed E-state index contributed by atoms with van der Waals surface area (Å²) in [6.07, 6.45) is -0.311. The smallest absolute Gasteiger partial charge is 0.233 e. The molecule has 3 atom stereocenters. The predicted octanol–water partition coefficient (Wildman–Crippen LogP) is -0.0467. The van der Waals surface area contributed by atoms with E-state index in [9.17, 15) is 9.90 Å². The summed E-state index contributed by atoms with van der Waals surface area (Å²) >= 11 is 3.59. The van der Waals surface area contributed by atoms with Gasteiger partial charge in [0, 0.05) is 42.8 Å². The van der Waals surface area contributed by atoms with E-state index < -0.39 is 0 Å². The molecule has 17 heavy (non-hydrogen) atoms. The highest BCUT2D eigenvalue weighted by molar-refractivity contribution is 8.07. The lowest BCUT2D eigenvalue weighted by atomic mass is 10.1.